The van der Waals surface area contributed by atoms with E-state index in [0.29, 0.717) is 31.0 Å². The fourth-order valence-electron chi connectivity index (χ4n) is 3.88. The van der Waals surface area contributed by atoms with Crippen molar-refractivity contribution in [1.29, 1.82) is 0 Å². The van der Waals surface area contributed by atoms with Crippen LogP contribution in [0.4, 0.5) is 0 Å². The summed E-state index contributed by atoms with van der Waals surface area (Å²) in [6.07, 6.45) is 1.12. The van der Waals surface area contributed by atoms with Crippen LogP contribution in [0.2, 0.25) is 5.02 Å². The molecule has 3 aromatic carbocycles. The maximum Gasteiger partial charge on any atom is 0.243 e. The number of ether oxygens (including phenoxy) is 1. The van der Waals surface area contributed by atoms with Gasteiger partial charge in [0.2, 0.25) is 11.8 Å². The lowest BCUT2D eigenvalue weighted by Crippen LogP contribution is -2.51. The van der Waals surface area contributed by atoms with Crippen LogP contribution in [0, 0.1) is 5.92 Å². The maximum atomic E-state index is 13.5. The molecule has 0 saturated heterocycles. The summed E-state index contributed by atoms with van der Waals surface area (Å²) in [5.74, 6) is 0.329. The molecule has 184 valence electrons. The molecule has 0 heterocycles. The van der Waals surface area contributed by atoms with Crippen LogP contribution in [0.5, 0.6) is 5.75 Å². The first-order valence-electron chi connectivity index (χ1n) is 11.9. The molecule has 3 aromatic rings. The Hall–Kier alpha value is -3.31. The van der Waals surface area contributed by atoms with E-state index in [1.807, 2.05) is 80.6 Å². The molecule has 1 N–H and O–H groups in total. The Morgan fingerprint density at radius 3 is 2.11 bits per heavy atom. The average Bonchev–Trinajstić information content (AvgIpc) is 2.87. The van der Waals surface area contributed by atoms with Gasteiger partial charge in [0.1, 0.15) is 11.8 Å². The monoisotopic (exact) mass is 492 g/mol. The van der Waals surface area contributed by atoms with Gasteiger partial charge in [0, 0.05) is 30.5 Å². The van der Waals surface area contributed by atoms with E-state index >= 15 is 0 Å². The number of halogens is 1. The van der Waals surface area contributed by atoms with E-state index in [-0.39, 0.29) is 17.7 Å². The number of benzene rings is 3. The first-order valence-corrected chi connectivity index (χ1v) is 12.2. The van der Waals surface area contributed by atoms with Gasteiger partial charge in [0.15, 0.2) is 0 Å². The van der Waals surface area contributed by atoms with Crippen molar-refractivity contribution >= 4 is 23.4 Å². The number of rotatable bonds is 11. The van der Waals surface area contributed by atoms with E-state index in [4.69, 9.17) is 16.3 Å². The zero-order chi connectivity index (χ0) is 25.2. The number of amides is 2. The second kappa shape index (κ2) is 13.0. The van der Waals surface area contributed by atoms with Crippen LogP contribution in [-0.4, -0.2) is 36.4 Å². The Kier molecular flexibility index (Phi) is 9.74. The third-order valence-electron chi connectivity index (χ3n) is 5.87. The summed E-state index contributed by atoms with van der Waals surface area (Å²) in [5, 5.41) is 3.70. The highest BCUT2D eigenvalue weighted by molar-refractivity contribution is 6.30. The minimum absolute atomic E-state index is 0.0637. The van der Waals surface area contributed by atoms with Crippen molar-refractivity contribution in [3.05, 3.63) is 101 Å². The summed E-state index contributed by atoms with van der Waals surface area (Å²) in [5.41, 5.74) is 3.02. The molecule has 0 fully saturated rings. The van der Waals surface area contributed by atoms with Crippen LogP contribution < -0.4 is 10.1 Å². The molecular weight excluding hydrogens is 460 g/mol. The smallest absolute Gasteiger partial charge is 0.243 e. The van der Waals surface area contributed by atoms with Gasteiger partial charge in [-0.15, -0.1) is 0 Å². The van der Waals surface area contributed by atoms with Crippen LogP contribution in [0.15, 0.2) is 78.9 Å². The number of hydrogen-bond acceptors (Lipinski definition) is 3. The second-order valence-electron chi connectivity index (χ2n) is 8.84. The van der Waals surface area contributed by atoms with Gasteiger partial charge in [0.05, 0.1) is 7.11 Å². The van der Waals surface area contributed by atoms with Gasteiger partial charge in [-0.1, -0.05) is 80.0 Å². The van der Waals surface area contributed by atoms with E-state index < -0.39 is 6.04 Å². The van der Waals surface area contributed by atoms with Crippen LogP contribution in [0.25, 0.3) is 0 Å². The van der Waals surface area contributed by atoms with Crippen molar-refractivity contribution in [1.82, 2.24) is 10.2 Å². The minimum Gasteiger partial charge on any atom is -0.497 e. The van der Waals surface area contributed by atoms with Gasteiger partial charge < -0.3 is 15.0 Å². The summed E-state index contributed by atoms with van der Waals surface area (Å²) >= 11 is 6.05. The topological polar surface area (TPSA) is 58.6 Å². The lowest BCUT2D eigenvalue weighted by Gasteiger charge is -2.33. The number of hydrogen-bond donors (Lipinski definition) is 1. The van der Waals surface area contributed by atoms with Gasteiger partial charge in [-0.05, 0) is 47.4 Å². The van der Waals surface area contributed by atoms with Crippen LogP contribution in [-0.2, 0) is 29.0 Å². The zero-order valence-corrected chi connectivity index (χ0v) is 21.3. The molecule has 0 bridgehead atoms. The summed E-state index contributed by atoms with van der Waals surface area (Å²) < 4.78 is 5.21. The van der Waals surface area contributed by atoms with E-state index in [1.54, 1.807) is 24.1 Å². The first-order chi connectivity index (χ1) is 16.9. The molecular formula is C29H33ClN2O3. The Bertz CT molecular complexity index is 1080. The van der Waals surface area contributed by atoms with Crippen molar-refractivity contribution in [2.24, 2.45) is 5.92 Å². The second-order valence-corrected chi connectivity index (χ2v) is 9.28. The number of nitrogens with zero attached hydrogens (tertiary/aromatic N) is 1. The number of nitrogens with one attached hydrogen (secondary N) is 1. The van der Waals surface area contributed by atoms with Gasteiger partial charge in [-0.2, -0.15) is 0 Å². The van der Waals surface area contributed by atoms with Gasteiger partial charge in [-0.25, -0.2) is 0 Å². The Morgan fingerprint density at radius 2 is 1.51 bits per heavy atom. The van der Waals surface area contributed by atoms with E-state index in [1.165, 1.54) is 0 Å². The molecule has 0 saturated carbocycles. The SMILES string of the molecule is COc1ccc(CCNC(=O)[C@@H](Cc2ccccc2)N(Cc2ccc(Cl)cc2)C(=O)C(C)C)cc1. The third-order valence-corrected chi connectivity index (χ3v) is 6.12. The van der Waals surface area contributed by atoms with Crippen molar-refractivity contribution in [2.75, 3.05) is 13.7 Å². The molecule has 6 heteroatoms. The molecule has 35 heavy (non-hydrogen) atoms. The van der Waals surface area contributed by atoms with Crippen molar-refractivity contribution < 1.29 is 14.3 Å². The van der Waals surface area contributed by atoms with Crippen molar-refractivity contribution in [2.45, 2.75) is 39.3 Å². The molecule has 5 nitrogen and oxygen atoms in total. The molecule has 3 rings (SSSR count). The summed E-state index contributed by atoms with van der Waals surface area (Å²) in [4.78, 5) is 28.5. The number of carbonyl (C=O) groups is 2. The van der Waals surface area contributed by atoms with Gasteiger partial charge in [-0.3, -0.25) is 9.59 Å². The lowest BCUT2D eigenvalue weighted by atomic mass is 10.0. The van der Waals surface area contributed by atoms with Crippen LogP contribution >= 0.6 is 11.6 Å². The van der Waals surface area contributed by atoms with Crippen molar-refractivity contribution in [3.8, 4) is 5.75 Å². The van der Waals surface area contributed by atoms with E-state index in [0.717, 1.165) is 22.4 Å². The van der Waals surface area contributed by atoms with Gasteiger partial charge in [0.25, 0.3) is 0 Å². The Balaban J connectivity index is 1.80. The maximum absolute atomic E-state index is 13.5. The Morgan fingerprint density at radius 1 is 0.886 bits per heavy atom. The van der Waals surface area contributed by atoms with Crippen LogP contribution in [0.1, 0.15) is 30.5 Å². The molecule has 0 aliphatic rings. The largest absolute Gasteiger partial charge is 0.497 e. The standard InChI is InChI=1S/C29H33ClN2O3/c1-21(2)29(34)32(20-24-9-13-25(30)14-10-24)27(19-23-7-5-4-6-8-23)28(33)31-18-17-22-11-15-26(35-3)16-12-22/h4-16,21,27H,17-20H2,1-3H3,(H,31,33)/t27-/m1/s1. The van der Waals surface area contributed by atoms with E-state index in [2.05, 4.69) is 5.32 Å². The highest BCUT2D eigenvalue weighted by Gasteiger charge is 2.31. The highest BCUT2D eigenvalue weighted by Crippen LogP contribution is 2.19. The predicted octanol–water partition coefficient (Wildman–Crippen LogP) is 5.30. The zero-order valence-electron chi connectivity index (χ0n) is 20.5. The molecule has 2 amide bonds. The molecule has 0 aliphatic carbocycles. The fraction of sp³-hybridized carbons (Fsp3) is 0.310. The predicted molar refractivity (Wildman–Crippen MR) is 140 cm³/mol. The molecule has 0 aliphatic heterocycles. The molecule has 0 aromatic heterocycles. The molecule has 0 unspecified atom stereocenters. The molecule has 1 atom stereocenters. The normalized spacial score (nSPS) is 11.7. The summed E-state index contributed by atoms with van der Waals surface area (Å²) in [6, 6.07) is 24.3. The van der Waals surface area contributed by atoms with Gasteiger partial charge >= 0.3 is 0 Å². The quantitative estimate of drug-likeness (QED) is 0.395. The summed E-state index contributed by atoms with van der Waals surface area (Å²) in [6.45, 7) is 4.52. The Labute approximate surface area is 213 Å². The molecule has 0 radical (unpaired) electrons. The van der Waals surface area contributed by atoms with Crippen LogP contribution in [0.3, 0.4) is 0 Å². The summed E-state index contributed by atoms with van der Waals surface area (Å²) in [7, 11) is 1.64. The highest BCUT2D eigenvalue weighted by atomic mass is 35.5. The lowest BCUT2D eigenvalue weighted by molar-refractivity contribution is -0.143. The first kappa shape index (κ1) is 26.3. The molecule has 0 spiro atoms. The third kappa shape index (κ3) is 7.86. The minimum atomic E-state index is -0.640. The average molecular weight is 493 g/mol. The number of methoxy groups -OCH3 is 1. The fourth-order valence-corrected chi connectivity index (χ4v) is 4.01. The van der Waals surface area contributed by atoms with E-state index in [9.17, 15) is 9.59 Å². The van der Waals surface area contributed by atoms with Crippen molar-refractivity contribution in [3.63, 3.8) is 0 Å². The number of carbonyl (C=O) groups excluding carboxylic acids is 2.